The molecule has 1 aliphatic heterocycles. The van der Waals surface area contributed by atoms with Crippen molar-refractivity contribution in [1.29, 1.82) is 0 Å². The van der Waals surface area contributed by atoms with Gasteiger partial charge in [-0.05, 0) is 25.2 Å². The van der Waals surface area contributed by atoms with Gasteiger partial charge in [-0.2, -0.15) is 0 Å². The Balaban J connectivity index is 2.06. The minimum atomic E-state index is -0.450. The second-order valence-electron chi connectivity index (χ2n) is 5.71. The highest BCUT2D eigenvalue weighted by molar-refractivity contribution is 5.91. The average Bonchev–Trinajstić information content (AvgIpc) is 2.92. The van der Waals surface area contributed by atoms with Crippen molar-refractivity contribution >= 4 is 5.91 Å². The molecule has 0 aliphatic carbocycles. The van der Waals surface area contributed by atoms with Crippen molar-refractivity contribution < 1.29 is 14.4 Å². The van der Waals surface area contributed by atoms with Gasteiger partial charge >= 0.3 is 0 Å². The van der Waals surface area contributed by atoms with Crippen molar-refractivity contribution in [1.82, 2.24) is 10.1 Å². The highest BCUT2D eigenvalue weighted by Crippen LogP contribution is 2.24. The number of aliphatic hydroxyl groups excluding tert-OH is 1. The normalized spacial score (nSPS) is 23.4. The van der Waals surface area contributed by atoms with Crippen LogP contribution in [0.15, 0.2) is 10.6 Å². The minimum absolute atomic E-state index is 0.166. The van der Waals surface area contributed by atoms with Crippen LogP contribution in [0.2, 0.25) is 0 Å². The van der Waals surface area contributed by atoms with Crippen molar-refractivity contribution in [2.24, 2.45) is 5.92 Å². The third-order valence-electron chi connectivity index (χ3n) is 4.35. The van der Waals surface area contributed by atoms with Gasteiger partial charge in [-0.25, -0.2) is 0 Å². The number of rotatable bonds is 4. The molecule has 1 aromatic heterocycles. The Morgan fingerprint density at radius 1 is 1.55 bits per heavy atom. The van der Waals surface area contributed by atoms with Crippen LogP contribution in [0.4, 0.5) is 0 Å². The van der Waals surface area contributed by atoms with Gasteiger partial charge in [-0.3, -0.25) is 4.79 Å². The number of carbonyl (C=O) groups excluding carboxylic acids is 1. The second-order valence-corrected chi connectivity index (χ2v) is 5.71. The Hall–Kier alpha value is -1.36. The van der Waals surface area contributed by atoms with Gasteiger partial charge < -0.3 is 14.5 Å². The fraction of sp³-hybridized carbons (Fsp3) is 0.733. The lowest BCUT2D eigenvalue weighted by molar-refractivity contribution is 0.0226. The first-order chi connectivity index (χ1) is 9.56. The summed E-state index contributed by atoms with van der Waals surface area (Å²) in [5.74, 6) is 0.704. The van der Waals surface area contributed by atoms with Gasteiger partial charge in [0.2, 0.25) is 5.76 Å². The lowest BCUT2D eigenvalue weighted by atomic mass is 9.96. The van der Waals surface area contributed by atoms with Gasteiger partial charge in [0.05, 0.1) is 11.8 Å². The maximum atomic E-state index is 12.3. The van der Waals surface area contributed by atoms with Crippen LogP contribution in [0.25, 0.3) is 0 Å². The summed E-state index contributed by atoms with van der Waals surface area (Å²) in [5, 5.41) is 13.9. The summed E-state index contributed by atoms with van der Waals surface area (Å²) < 4.78 is 5.20. The molecule has 1 saturated heterocycles. The van der Waals surface area contributed by atoms with E-state index in [0.717, 1.165) is 25.0 Å². The van der Waals surface area contributed by atoms with Crippen molar-refractivity contribution in [3.05, 3.63) is 17.5 Å². The van der Waals surface area contributed by atoms with Crippen molar-refractivity contribution in [3.8, 4) is 0 Å². The molecule has 5 heteroatoms. The van der Waals surface area contributed by atoms with Crippen molar-refractivity contribution in [2.45, 2.75) is 52.1 Å². The zero-order chi connectivity index (χ0) is 14.7. The predicted octanol–water partition coefficient (Wildman–Crippen LogP) is 2.42. The van der Waals surface area contributed by atoms with Crippen LogP contribution in [0.1, 0.15) is 62.2 Å². The van der Waals surface area contributed by atoms with Gasteiger partial charge in [0, 0.05) is 25.1 Å². The number of hydrogen-bond donors (Lipinski definition) is 1. The van der Waals surface area contributed by atoms with E-state index >= 15 is 0 Å². The molecule has 1 N–H and O–H groups in total. The van der Waals surface area contributed by atoms with E-state index in [1.807, 2.05) is 6.92 Å². The molecule has 2 atom stereocenters. The maximum Gasteiger partial charge on any atom is 0.292 e. The summed E-state index contributed by atoms with van der Waals surface area (Å²) in [7, 11) is 0. The number of aliphatic hydroxyl groups is 1. The first-order valence-electron chi connectivity index (χ1n) is 7.50. The molecule has 0 spiro atoms. The number of aromatic nitrogens is 1. The maximum absolute atomic E-state index is 12.3. The molecule has 1 fully saturated rings. The van der Waals surface area contributed by atoms with Crippen molar-refractivity contribution in [3.63, 3.8) is 0 Å². The van der Waals surface area contributed by atoms with E-state index in [9.17, 15) is 9.90 Å². The number of nitrogens with zero attached hydrogens (tertiary/aromatic N) is 2. The molecule has 1 aromatic rings. The molecule has 1 amide bonds. The molecular formula is C15H24N2O3. The quantitative estimate of drug-likeness (QED) is 0.919. The lowest BCUT2D eigenvalue weighted by Crippen LogP contribution is -2.45. The fourth-order valence-corrected chi connectivity index (χ4v) is 2.68. The van der Waals surface area contributed by atoms with Crippen LogP contribution in [-0.2, 0) is 0 Å². The largest absolute Gasteiger partial charge is 0.391 e. The summed E-state index contributed by atoms with van der Waals surface area (Å²) in [6.07, 6.45) is 2.34. The number of β-amino-alcohol motifs (C(OH)–C–C–N with tert-alkyl or cyclic N) is 1. The van der Waals surface area contributed by atoms with Crippen LogP contribution in [-0.4, -0.2) is 40.3 Å². The molecule has 20 heavy (non-hydrogen) atoms. The van der Waals surface area contributed by atoms with E-state index in [1.54, 1.807) is 11.0 Å². The topological polar surface area (TPSA) is 66.6 Å². The Bertz CT molecular complexity index is 454. The van der Waals surface area contributed by atoms with E-state index in [2.05, 4.69) is 19.0 Å². The number of likely N-dealkylation sites (tertiary alicyclic amines) is 1. The molecular weight excluding hydrogens is 256 g/mol. The second kappa shape index (κ2) is 6.39. The van der Waals surface area contributed by atoms with Gasteiger partial charge in [0.15, 0.2) is 0 Å². The van der Waals surface area contributed by atoms with E-state index in [1.165, 1.54) is 0 Å². The highest BCUT2D eigenvalue weighted by Gasteiger charge is 2.30. The third kappa shape index (κ3) is 3.03. The minimum Gasteiger partial charge on any atom is -0.391 e. The van der Waals surface area contributed by atoms with Gasteiger partial charge in [-0.1, -0.05) is 25.9 Å². The molecule has 5 nitrogen and oxygen atoms in total. The number of hydrogen-bond acceptors (Lipinski definition) is 4. The molecule has 2 heterocycles. The van der Waals surface area contributed by atoms with Crippen LogP contribution in [0, 0.1) is 5.92 Å². The van der Waals surface area contributed by atoms with E-state index in [-0.39, 0.29) is 17.6 Å². The standard InChI is InChI=1S/C15H24N2O3/c1-4-11(5-2)12-8-14(20-16-12)15(19)17-7-6-10(3)13(18)9-17/h8,10-11,13,18H,4-7,9H2,1-3H3. The molecule has 112 valence electrons. The first kappa shape index (κ1) is 15.0. The third-order valence-corrected chi connectivity index (χ3v) is 4.35. The SMILES string of the molecule is CCC(CC)c1cc(C(=O)N2CCC(C)C(O)C2)on1. The molecule has 0 bridgehead atoms. The molecule has 1 aliphatic rings. The Morgan fingerprint density at radius 3 is 2.85 bits per heavy atom. The van der Waals surface area contributed by atoms with Crippen LogP contribution < -0.4 is 0 Å². The Kier molecular flexibility index (Phi) is 4.81. The Morgan fingerprint density at radius 2 is 2.25 bits per heavy atom. The lowest BCUT2D eigenvalue weighted by Gasteiger charge is -2.33. The first-order valence-corrected chi connectivity index (χ1v) is 7.50. The van der Waals surface area contributed by atoms with E-state index in [0.29, 0.717) is 19.0 Å². The number of carbonyl (C=O) groups is 1. The number of amides is 1. The Labute approximate surface area is 119 Å². The number of piperidine rings is 1. The molecule has 2 unspecified atom stereocenters. The summed E-state index contributed by atoms with van der Waals surface area (Å²) in [4.78, 5) is 14.0. The predicted molar refractivity (Wildman–Crippen MR) is 75.5 cm³/mol. The summed E-state index contributed by atoms with van der Waals surface area (Å²) in [6, 6.07) is 1.75. The van der Waals surface area contributed by atoms with Gasteiger partial charge in [-0.15, -0.1) is 0 Å². The monoisotopic (exact) mass is 280 g/mol. The average molecular weight is 280 g/mol. The molecule has 0 saturated carbocycles. The van der Waals surface area contributed by atoms with E-state index < -0.39 is 6.10 Å². The molecule has 2 rings (SSSR count). The zero-order valence-electron chi connectivity index (χ0n) is 12.5. The molecule has 0 radical (unpaired) electrons. The van der Waals surface area contributed by atoms with Crippen LogP contribution in [0.3, 0.4) is 0 Å². The van der Waals surface area contributed by atoms with Gasteiger partial charge in [0.1, 0.15) is 0 Å². The van der Waals surface area contributed by atoms with Crippen LogP contribution >= 0.6 is 0 Å². The highest BCUT2D eigenvalue weighted by atomic mass is 16.5. The molecule has 0 aromatic carbocycles. The van der Waals surface area contributed by atoms with E-state index in [4.69, 9.17) is 4.52 Å². The fourth-order valence-electron chi connectivity index (χ4n) is 2.68. The van der Waals surface area contributed by atoms with Crippen LogP contribution in [0.5, 0.6) is 0 Å². The summed E-state index contributed by atoms with van der Waals surface area (Å²) in [5.41, 5.74) is 0.851. The van der Waals surface area contributed by atoms with Gasteiger partial charge in [0.25, 0.3) is 5.91 Å². The summed E-state index contributed by atoms with van der Waals surface area (Å²) >= 11 is 0. The smallest absolute Gasteiger partial charge is 0.292 e. The summed E-state index contributed by atoms with van der Waals surface area (Å²) in [6.45, 7) is 7.25. The van der Waals surface area contributed by atoms with Crippen molar-refractivity contribution in [2.75, 3.05) is 13.1 Å². The zero-order valence-corrected chi connectivity index (χ0v) is 12.5.